The smallest absolute Gasteiger partial charge is 0.00595 e. The number of hydrogen-bond donors (Lipinski definition) is 0. The highest BCUT2D eigenvalue weighted by Crippen LogP contribution is 2.68. The van der Waals surface area contributed by atoms with Crippen molar-refractivity contribution in [2.24, 2.45) is 28.6 Å². The highest BCUT2D eigenvalue weighted by molar-refractivity contribution is 5.24. The molecule has 0 spiro atoms. The lowest BCUT2D eigenvalue weighted by Crippen LogP contribution is -2.27. The van der Waals surface area contributed by atoms with Gasteiger partial charge in [-0.3, -0.25) is 0 Å². The minimum atomic E-state index is 0.526. The van der Waals surface area contributed by atoms with Gasteiger partial charge in [-0.1, -0.05) is 32.9 Å². The van der Waals surface area contributed by atoms with E-state index < -0.39 is 0 Å². The predicted molar refractivity (Wildman–Crippen MR) is 64.6 cm³/mol. The largest absolute Gasteiger partial charge is 0.0993 e. The summed E-state index contributed by atoms with van der Waals surface area (Å²) in [5.41, 5.74) is 2.71. The van der Waals surface area contributed by atoms with Gasteiger partial charge >= 0.3 is 0 Å². The molecule has 0 N–H and O–H groups in total. The van der Waals surface area contributed by atoms with Crippen molar-refractivity contribution in [2.45, 2.75) is 52.9 Å². The minimum absolute atomic E-state index is 0.526. The summed E-state index contributed by atoms with van der Waals surface area (Å²) in [5, 5.41) is 0. The number of rotatable bonds is 0. The number of hydrogen-bond acceptors (Lipinski definition) is 0. The Morgan fingerprint density at radius 2 is 1.93 bits per heavy atom. The van der Waals surface area contributed by atoms with Crippen LogP contribution in [-0.4, -0.2) is 0 Å². The van der Waals surface area contributed by atoms with E-state index in [1.807, 2.05) is 0 Å². The molecule has 0 radical (unpaired) electrons. The normalized spacial score (nSPS) is 51.9. The lowest BCUT2D eigenvalue weighted by atomic mass is 9.70. The second-order valence-electron chi connectivity index (χ2n) is 7.30. The molecule has 3 fully saturated rings. The van der Waals surface area contributed by atoms with Gasteiger partial charge < -0.3 is 0 Å². The van der Waals surface area contributed by atoms with Crippen LogP contribution in [0.15, 0.2) is 12.2 Å². The second-order valence-corrected chi connectivity index (χ2v) is 7.30. The number of allylic oxidation sites excluding steroid dienone is 1. The zero-order valence-electron chi connectivity index (χ0n) is 10.5. The van der Waals surface area contributed by atoms with Gasteiger partial charge in [0.2, 0.25) is 0 Å². The second kappa shape index (κ2) is 2.70. The SMILES string of the molecule is C=C1CC[C@@H]2C[C@H]3CC(C)(C)C[C@H]3[C@]12C. The Morgan fingerprint density at radius 1 is 1.20 bits per heavy atom. The molecular formula is C15H24. The van der Waals surface area contributed by atoms with Gasteiger partial charge in [0.15, 0.2) is 0 Å². The van der Waals surface area contributed by atoms with Crippen molar-refractivity contribution < 1.29 is 0 Å². The van der Waals surface area contributed by atoms with Crippen LogP contribution in [0.2, 0.25) is 0 Å². The Balaban J connectivity index is 1.95. The third-order valence-electron chi connectivity index (χ3n) is 5.92. The fraction of sp³-hybridized carbons (Fsp3) is 0.867. The molecule has 84 valence electrons. The third-order valence-corrected chi connectivity index (χ3v) is 5.92. The fourth-order valence-electron chi connectivity index (χ4n) is 5.15. The first-order chi connectivity index (χ1) is 6.93. The van der Waals surface area contributed by atoms with Crippen LogP contribution in [0.1, 0.15) is 52.9 Å². The highest BCUT2D eigenvalue weighted by atomic mass is 14.6. The quantitative estimate of drug-likeness (QED) is 0.513. The van der Waals surface area contributed by atoms with Crippen molar-refractivity contribution in [3.8, 4) is 0 Å². The van der Waals surface area contributed by atoms with E-state index in [1.54, 1.807) is 5.57 Å². The van der Waals surface area contributed by atoms with Crippen molar-refractivity contribution in [2.75, 3.05) is 0 Å². The minimum Gasteiger partial charge on any atom is -0.0993 e. The van der Waals surface area contributed by atoms with E-state index in [-0.39, 0.29) is 0 Å². The molecule has 0 aromatic heterocycles. The molecule has 0 nitrogen and oxygen atoms in total. The molecular weight excluding hydrogens is 180 g/mol. The van der Waals surface area contributed by atoms with E-state index in [4.69, 9.17) is 0 Å². The Kier molecular flexibility index (Phi) is 1.79. The van der Waals surface area contributed by atoms with Gasteiger partial charge in [-0.2, -0.15) is 0 Å². The Morgan fingerprint density at radius 3 is 2.67 bits per heavy atom. The summed E-state index contributed by atoms with van der Waals surface area (Å²) in [6.45, 7) is 11.8. The van der Waals surface area contributed by atoms with Crippen LogP contribution >= 0.6 is 0 Å². The topological polar surface area (TPSA) is 0 Å². The van der Waals surface area contributed by atoms with Gasteiger partial charge in [-0.05, 0) is 60.7 Å². The maximum atomic E-state index is 4.38. The van der Waals surface area contributed by atoms with Crippen molar-refractivity contribution in [3.63, 3.8) is 0 Å². The van der Waals surface area contributed by atoms with Gasteiger partial charge in [-0.15, -0.1) is 0 Å². The molecule has 3 aliphatic rings. The molecule has 15 heavy (non-hydrogen) atoms. The van der Waals surface area contributed by atoms with E-state index in [0.717, 1.165) is 17.8 Å². The average molecular weight is 204 g/mol. The molecule has 0 aromatic carbocycles. The van der Waals surface area contributed by atoms with E-state index in [0.29, 0.717) is 10.8 Å². The summed E-state index contributed by atoms with van der Waals surface area (Å²) in [4.78, 5) is 0. The van der Waals surface area contributed by atoms with E-state index >= 15 is 0 Å². The first-order valence-electron chi connectivity index (χ1n) is 6.62. The van der Waals surface area contributed by atoms with Crippen LogP contribution in [0.5, 0.6) is 0 Å². The summed E-state index contributed by atoms with van der Waals surface area (Å²) in [6.07, 6.45) is 7.16. The number of fused-ring (bicyclic) bond motifs is 3. The van der Waals surface area contributed by atoms with Crippen molar-refractivity contribution in [3.05, 3.63) is 12.2 Å². The molecule has 0 heterocycles. The van der Waals surface area contributed by atoms with Crippen LogP contribution in [0, 0.1) is 28.6 Å². The van der Waals surface area contributed by atoms with E-state index in [9.17, 15) is 0 Å². The average Bonchev–Trinajstić information content (AvgIpc) is 2.65. The molecule has 3 saturated carbocycles. The summed E-state index contributed by atoms with van der Waals surface area (Å²) >= 11 is 0. The lowest BCUT2D eigenvalue weighted by Gasteiger charge is -2.34. The van der Waals surface area contributed by atoms with Gasteiger partial charge in [0, 0.05) is 0 Å². The van der Waals surface area contributed by atoms with Crippen molar-refractivity contribution >= 4 is 0 Å². The van der Waals surface area contributed by atoms with Crippen LogP contribution < -0.4 is 0 Å². The third kappa shape index (κ3) is 1.14. The summed E-state index contributed by atoms with van der Waals surface area (Å²) in [6, 6.07) is 0. The van der Waals surface area contributed by atoms with Crippen molar-refractivity contribution in [1.82, 2.24) is 0 Å². The van der Waals surface area contributed by atoms with Gasteiger partial charge in [-0.25, -0.2) is 0 Å². The first-order valence-corrected chi connectivity index (χ1v) is 6.62. The Labute approximate surface area is 94.1 Å². The van der Waals surface area contributed by atoms with Crippen LogP contribution in [0.4, 0.5) is 0 Å². The highest BCUT2D eigenvalue weighted by Gasteiger charge is 2.59. The molecule has 0 amide bonds. The molecule has 0 heteroatoms. The summed E-state index contributed by atoms with van der Waals surface area (Å²) in [7, 11) is 0. The van der Waals surface area contributed by atoms with Gasteiger partial charge in [0.05, 0.1) is 0 Å². The van der Waals surface area contributed by atoms with E-state index in [1.165, 1.54) is 32.1 Å². The van der Waals surface area contributed by atoms with Gasteiger partial charge in [0.1, 0.15) is 0 Å². The molecule has 0 saturated heterocycles. The zero-order valence-corrected chi connectivity index (χ0v) is 10.5. The first kappa shape index (κ1) is 9.93. The summed E-state index contributed by atoms with van der Waals surface area (Å²) < 4.78 is 0. The zero-order chi connectivity index (χ0) is 10.8. The molecule has 4 atom stereocenters. The van der Waals surface area contributed by atoms with Crippen LogP contribution in [0.3, 0.4) is 0 Å². The Bertz CT molecular complexity index is 312. The summed E-state index contributed by atoms with van der Waals surface area (Å²) in [5.74, 6) is 2.97. The molecule has 0 aromatic rings. The molecule has 0 bridgehead atoms. The van der Waals surface area contributed by atoms with Crippen molar-refractivity contribution in [1.29, 1.82) is 0 Å². The fourth-order valence-corrected chi connectivity index (χ4v) is 5.15. The maximum Gasteiger partial charge on any atom is -0.00595 e. The van der Waals surface area contributed by atoms with Gasteiger partial charge in [0.25, 0.3) is 0 Å². The Hall–Kier alpha value is -0.260. The lowest BCUT2D eigenvalue weighted by molar-refractivity contribution is 0.207. The molecule has 3 rings (SSSR count). The molecule has 0 aliphatic heterocycles. The van der Waals surface area contributed by atoms with Crippen LogP contribution in [-0.2, 0) is 0 Å². The monoisotopic (exact) mass is 204 g/mol. The van der Waals surface area contributed by atoms with Crippen LogP contribution in [0.25, 0.3) is 0 Å². The standard InChI is InChI=1S/C15H24/c1-10-5-6-12-7-11-8-14(2,3)9-13(11)15(10,12)4/h11-13H,1,5-9H2,2-4H3/t11-,12+,13+,15+/m0/s1. The molecule has 0 unspecified atom stereocenters. The predicted octanol–water partition coefficient (Wildman–Crippen LogP) is 4.42. The van der Waals surface area contributed by atoms with E-state index in [2.05, 4.69) is 27.4 Å². The molecule has 3 aliphatic carbocycles. The maximum absolute atomic E-state index is 4.38.